The standard InChI is InChI=1S/C18H28O3/c1-4-6-7-8-9-15(3)21-14-18(19)16-10-12-17(13-11-16)20-5-2/h10-13,15H,4-9,14H2,1-3H3. The quantitative estimate of drug-likeness (QED) is 0.440. The van der Waals surface area contributed by atoms with Gasteiger partial charge in [-0.2, -0.15) is 0 Å². The van der Waals surface area contributed by atoms with Gasteiger partial charge in [0.15, 0.2) is 5.78 Å². The molecule has 1 unspecified atom stereocenters. The van der Waals surface area contributed by atoms with Crippen LogP contribution in [0.5, 0.6) is 5.75 Å². The second-order valence-electron chi connectivity index (χ2n) is 5.35. The van der Waals surface area contributed by atoms with Crippen LogP contribution in [-0.2, 0) is 4.74 Å². The number of Topliss-reactive ketones (excluding diaryl/α,β-unsaturated/α-hetero) is 1. The first-order chi connectivity index (χ1) is 10.2. The highest BCUT2D eigenvalue weighted by Gasteiger charge is 2.09. The maximum Gasteiger partial charge on any atom is 0.188 e. The normalized spacial score (nSPS) is 12.1. The van der Waals surface area contributed by atoms with Gasteiger partial charge in [0.2, 0.25) is 0 Å². The van der Waals surface area contributed by atoms with Crippen molar-refractivity contribution in [2.24, 2.45) is 0 Å². The molecule has 3 heteroatoms. The van der Waals surface area contributed by atoms with E-state index in [4.69, 9.17) is 9.47 Å². The molecule has 0 heterocycles. The van der Waals surface area contributed by atoms with Crippen molar-refractivity contribution in [1.82, 2.24) is 0 Å². The molecule has 0 saturated heterocycles. The number of hydrogen-bond donors (Lipinski definition) is 0. The first kappa shape index (κ1) is 17.7. The van der Waals surface area contributed by atoms with Crippen molar-refractivity contribution in [2.75, 3.05) is 13.2 Å². The smallest absolute Gasteiger partial charge is 0.188 e. The van der Waals surface area contributed by atoms with Gasteiger partial charge in [0.05, 0.1) is 12.7 Å². The van der Waals surface area contributed by atoms with E-state index in [0.29, 0.717) is 12.2 Å². The summed E-state index contributed by atoms with van der Waals surface area (Å²) in [6.45, 7) is 6.97. The van der Waals surface area contributed by atoms with Crippen molar-refractivity contribution in [3.05, 3.63) is 29.8 Å². The molecule has 3 nitrogen and oxygen atoms in total. The predicted octanol–water partition coefficient (Wildman–Crippen LogP) is 4.64. The Bertz CT molecular complexity index is 397. The molecule has 21 heavy (non-hydrogen) atoms. The second kappa shape index (κ2) is 10.4. The summed E-state index contributed by atoms with van der Waals surface area (Å²) in [5.74, 6) is 0.817. The molecule has 0 N–H and O–H groups in total. The fourth-order valence-electron chi connectivity index (χ4n) is 2.15. The summed E-state index contributed by atoms with van der Waals surface area (Å²) < 4.78 is 11.0. The van der Waals surface area contributed by atoms with Crippen molar-refractivity contribution in [3.8, 4) is 5.75 Å². The first-order valence-corrected chi connectivity index (χ1v) is 8.05. The molecule has 1 rings (SSSR count). The highest BCUT2D eigenvalue weighted by Crippen LogP contribution is 2.13. The van der Waals surface area contributed by atoms with Crippen molar-refractivity contribution >= 4 is 5.78 Å². The van der Waals surface area contributed by atoms with E-state index in [2.05, 4.69) is 6.92 Å². The highest BCUT2D eigenvalue weighted by molar-refractivity contribution is 5.97. The minimum atomic E-state index is 0.0263. The molecular weight excluding hydrogens is 264 g/mol. The number of benzene rings is 1. The molecule has 0 aliphatic heterocycles. The molecule has 0 saturated carbocycles. The number of ether oxygens (including phenoxy) is 2. The van der Waals surface area contributed by atoms with Gasteiger partial charge in [-0.25, -0.2) is 0 Å². The fourth-order valence-corrected chi connectivity index (χ4v) is 2.15. The van der Waals surface area contributed by atoms with Gasteiger partial charge in [0.1, 0.15) is 12.4 Å². The van der Waals surface area contributed by atoms with Crippen LogP contribution in [0.15, 0.2) is 24.3 Å². The molecule has 1 aromatic carbocycles. The molecule has 0 spiro atoms. The van der Waals surface area contributed by atoms with Crippen molar-refractivity contribution < 1.29 is 14.3 Å². The molecule has 118 valence electrons. The molecular formula is C18H28O3. The lowest BCUT2D eigenvalue weighted by Crippen LogP contribution is -2.16. The summed E-state index contributed by atoms with van der Waals surface area (Å²) in [7, 11) is 0. The van der Waals surface area contributed by atoms with Crippen LogP contribution in [-0.4, -0.2) is 25.1 Å². The van der Waals surface area contributed by atoms with Crippen LogP contribution >= 0.6 is 0 Å². The lowest BCUT2D eigenvalue weighted by molar-refractivity contribution is 0.0483. The Balaban J connectivity index is 2.29. The van der Waals surface area contributed by atoms with E-state index >= 15 is 0 Å². The fraction of sp³-hybridized carbons (Fsp3) is 0.611. The maximum atomic E-state index is 12.0. The number of carbonyl (C=O) groups is 1. The largest absolute Gasteiger partial charge is 0.494 e. The summed E-state index contributed by atoms with van der Waals surface area (Å²) in [6, 6.07) is 7.24. The predicted molar refractivity (Wildman–Crippen MR) is 86.1 cm³/mol. The zero-order valence-electron chi connectivity index (χ0n) is 13.6. The van der Waals surface area contributed by atoms with Crippen molar-refractivity contribution in [1.29, 1.82) is 0 Å². The highest BCUT2D eigenvalue weighted by atomic mass is 16.5. The lowest BCUT2D eigenvalue weighted by Gasteiger charge is -2.12. The third-order valence-corrected chi connectivity index (χ3v) is 3.45. The van der Waals surface area contributed by atoms with E-state index in [0.717, 1.165) is 12.2 Å². The Morgan fingerprint density at radius 1 is 1.10 bits per heavy atom. The first-order valence-electron chi connectivity index (χ1n) is 8.05. The van der Waals surface area contributed by atoms with Crippen LogP contribution in [0.4, 0.5) is 0 Å². The summed E-state index contributed by atoms with van der Waals surface area (Å²) in [5, 5.41) is 0. The van der Waals surface area contributed by atoms with Crippen LogP contribution in [0.25, 0.3) is 0 Å². The van der Waals surface area contributed by atoms with Gasteiger partial charge in [-0.3, -0.25) is 4.79 Å². The molecule has 0 aliphatic rings. The Kier molecular flexibility index (Phi) is 8.76. The number of hydrogen-bond acceptors (Lipinski definition) is 3. The van der Waals surface area contributed by atoms with Gasteiger partial charge < -0.3 is 9.47 Å². The zero-order valence-corrected chi connectivity index (χ0v) is 13.6. The minimum Gasteiger partial charge on any atom is -0.494 e. The number of unbranched alkanes of at least 4 members (excludes halogenated alkanes) is 3. The van der Waals surface area contributed by atoms with Gasteiger partial charge in [0, 0.05) is 5.56 Å². The number of carbonyl (C=O) groups excluding carboxylic acids is 1. The van der Waals surface area contributed by atoms with Crippen LogP contribution in [0.2, 0.25) is 0 Å². The van der Waals surface area contributed by atoms with Gasteiger partial charge >= 0.3 is 0 Å². The van der Waals surface area contributed by atoms with E-state index in [-0.39, 0.29) is 18.5 Å². The molecule has 0 aliphatic carbocycles. The summed E-state index contributed by atoms with van der Waals surface area (Å²) in [5.41, 5.74) is 0.677. The van der Waals surface area contributed by atoms with Crippen LogP contribution < -0.4 is 4.74 Å². The summed E-state index contributed by atoms with van der Waals surface area (Å²) in [4.78, 5) is 12.0. The molecule has 0 radical (unpaired) electrons. The van der Waals surface area contributed by atoms with E-state index in [9.17, 15) is 4.79 Å². The molecule has 0 amide bonds. The second-order valence-corrected chi connectivity index (χ2v) is 5.35. The van der Waals surface area contributed by atoms with Gasteiger partial charge in [-0.15, -0.1) is 0 Å². The summed E-state index contributed by atoms with van der Waals surface area (Å²) in [6.07, 6.45) is 6.11. The monoisotopic (exact) mass is 292 g/mol. The Morgan fingerprint density at radius 3 is 2.43 bits per heavy atom. The Morgan fingerprint density at radius 2 is 1.81 bits per heavy atom. The molecule has 0 fully saturated rings. The van der Waals surface area contributed by atoms with Gasteiger partial charge in [0.25, 0.3) is 0 Å². The van der Waals surface area contributed by atoms with E-state index in [1.165, 1.54) is 25.7 Å². The van der Waals surface area contributed by atoms with Crippen LogP contribution in [0.3, 0.4) is 0 Å². The molecule has 0 bridgehead atoms. The number of ketones is 1. The average molecular weight is 292 g/mol. The van der Waals surface area contributed by atoms with Crippen molar-refractivity contribution in [3.63, 3.8) is 0 Å². The molecule has 1 aromatic rings. The Hall–Kier alpha value is -1.35. The third kappa shape index (κ3) is 7.28. The van der Waals surface area contributed by atoms with Gasteiger partial charge in [-0.05, 0) is 44.5 Å². The average Bonchev–Trinajstić information content (AvgIpc) is 2.50. The van der Waals surface area contributed by atoms with Crippen LogP contribution in [0, 0.1) is 0 Å². The maximum absolute atomic E-state index is 12.0. The van der Waals surface area contributed by atoms with E-state index in [1.807, 2.05) is 26.0 Å². The van der Waals surface area contributed by atoms with E-state index in [1.54, 1.807) is 12.1 Å². The van der Waals surface area contributed by atoms with Crippen molar-refractivity contribution in [2.45, 2.75) is 59.0 Å². The lowest BCUT2D eigenvalue weighted by atomic mass is 10.1. The topological polar surface area (TPSA) is 35.5 Å². The Labute approximate surface area is 128 Å². The number of rotatable bonds is 11. The summed E-state index contributed by atoms with van der Waals surface area (Å²) >= 11 is 0. The van der Waals surface area contributed by atoms with E-state index < -0.39 is 0 Å². The molecule has 0 aromatic heterocycles. The third-order valence-electron chi connectivity index (χ3n) is 3.45. The SMILES string of the molecule is CCCCCCC(C)OCC(=O)c1ccc(OCC)cc1. The van der Waals surface area contributed by atoms with Gasteiger partial charge in [-0.1, -0.05) is 32.6 Å². The molecule has 1 atom stereocenters. The van der Waals surface area contributed by atoms with Crippen LogP contribution in [0.1, 0.15) is 63.2 Å². The minimum absolute atomic E-state index is 0.0263. The zero-order chi connectivity index (χ0) is 15.5.